The molecular weight excluding hydrogens is 253 g/mol. The smallest absolute Gasteiger partial charge is 0.319 e. The lowest BCUT2D eigenvalue weighted by Gasteiger charge is -2.25. The van der Waals surface area contributed by atoms with E-state index in [0.717, 1.165) is 12.1 Å². The van der Waals surface area contributed by atoms with Gasteiger partial charge in [0, 0.05) is 5.02 Å². The molecule has 16 heavy (non-hydrogen) atoms. The Balaban J connectivity index is 3.02. The molecule has 1 rings (SSSR count). The zero-order chi connectivity index (χ0) is 12.6. The van der Waals surface area contributed by atoms with Crippen molar-refractivity contribution in [2.75, 3.05) is 0 Å². The van der Waals surface area contributed by atoms with Gasteiger partial charge in [0.15, 0.2) is 0 Å². The highest BCUT2D eigenvalue weighted by Gasteiger charge is 2.61. The molecule has 1 aromatic rings. The second-order valence-corrected chi connectivity index (χ2v) is 3.59. The molecule has 0 saturated heterocycles. The monoisotopic (exact) mass is 259 g/mol. The highest BCUT2D eigenvalue weighted by molar-refractivity contribution is 6.30. The van der Waals surface area contributed by atoms with Crippen LogP contribution in [0.5, 0.6) is 0 Å². The van der Waals surface area contributed by atoms with Crippen LogP contribution in [0.2, 0.25) is 5.02 Å². The van der Waals surface area contributed by atoms with E-state index in [-0.39, 0.29) is 10.6 Å². The highest BCUT2D eigenvalue weighted by Crippen LogP contribution is 2.43. The van der Waals surface area contributed by atoms with E-state index in [1.165, 1.54) is 12.1 Å². The molecule has 0 saturated carbocycles. The lowest BCUT2D eigenvalue weighted by atomic mass is 10.0. The molecule has 2 N–H and O–H groups in total. The second-order valence-electron chi connectivity index (χ2n) is 3.15. The van der Waals surface area contributed by atoms with Crippen LogP contribution in [-0.2, 0) is 0 Å². The molecule has 0 radical (unpaired) electrons. The van der Waals surface area contributed by atoms with Crippen molar-refractivity contribution in [2.24, 2.45) is 5.73 Å². The Labute approximate surface area is 93.0 Å². The van der Waals surface area contributed by atoms with Crippen LogP contribution in [-0.4, -0.2) is 12.1 Å². The van der Waals surface area contributed by atoms with Crippen LogP contribution in [0.3, 0.4) is 0 Å². The van der Waals surface area contributed by atoms with E-state index < -0.39 is 18.1 Å². The molecule has 0 aliphatic carbocycles. The van der Waals surface area contributed by atoms with Gasteiger partial charge < -0.3 is 5.73 Å². The maximum atomic E-state index is 12.8. The molecule has 1 unspecified atom stereocenters. The zero-order valence-corrected chi connectivity index (χ0v) is 8.49. The van der Waals surface area contributed by atoms with Crippen molar-refractivity contribution in [1.29, 1.82) is 0 Å². The molecule has 0 heterocycles. The molecule has 1 atom stereocenters. The van der Waals surface area contributed by atoms with Gasteiger partial charge in [-0.1, -0.05) is 23.7 Å². The van der Waals surface area contributed by atoms with Crippen molar-refractivity contribution in [3.63, 3.8) is 0 Å². The number of alkyl halides is 5. The van der Waals surface area contributed by atoms with Crippen LogP contribution in [0, 0.1) is 0 Å². The highest BCUT2D eigenvalue weighted by atomic mass is 35.5. The predicted molar refractivity (Wildman–Crippen MR) is 49.4 cm³/mol. The Bertz CT molecular complexity index is 359. The number of hydrogen-bond donors (Lipinski definition) is 1. The maximum Gasteiger partial charge on any atom is 0.455 e. The summed E-state index contributed by atoms with van der Waals surface area (Å²) in [4.78, 5) is 0. The van der Waals surface area contributed by atoms with Crippen LogP contribution in [0.1, 0.15) is 11.6 Å². The van der Waals surface area contributed by atoms with Gasteiger partial charge in [0.05, 0.1) is 0 Å². The number of rotatable bonds is 2. The molecule has 0 amide bonds. The summed E-state index contributed by atoms with van der Waals surface area (Å²) in [6.45, 7) is 0. The Morgan fingerprint density at radius 2 is 1.44 bits per heavy atom. The van der Waals surface area contributed by atoms with Crippen LogP contribution >= 0.6 is 11.6 Å². The third-order valence-corrected chi connectivity index (χ3v) is 2.25. The van der Waals surface area contributed by atoms with Gasteiger partial charge in [-0.2, -0.15) is 22.0 Å². The van der Waals surface area contributed by atoms with Crippen LogP contribution in [0.15, 0.2) is 24.3 Å². The summed E-state index contributed by atoms with van der Waals surface area (Å²) >= 11 is 5.47. The predicted octanol–water partition coefficient (Wildman–Crippen LogP) is 3.54. The first-order valence-corrected chi connectivity index (χ1v) is 4.49. The van der Waals surface area contributed by atoms with E-state index in [1.54, 1.807) is 0 Å². The fraction of sp³-hybridized carbons (Fsp3) is 0.333. The van der Waals surface area contributed by atoms with Crippen molar-refractivity contribution < 1.29 is 22.0 Å². The Morgan fingerprint density at radius 3 is 1.81 bits per heavy atom. The second kappa shape index (κ2) is 4.18. The van der Waals surface area contributed by atoms with E-state index in [0.29, 0.717) is 0 Å². The third kappa shape index (κ3) is 2.44. The van der Waals surface area contributed by atoms with Gasteiger partial charge in [0.2, 0.25) is 0 Å². The van der Waals surface area contributed by atoms with Gasteiger partial charge in [-0.25, -0.2) is 0 Å². The fourth-order valence-electron chi connectivity index (χ4n) is 1.06. The number of nitrogens with two attached hydrogens (primary N) is 1. The average Bonchev–Trinajstić information content (AvgIpc) is 2.16. The summed E-state index contributed by atoms with van der Waals surface area (Å²) in [6, 6.07) is 2.02. The molecule has 0 aliphatic rings. The molecule has 0 spiro atoms. The van der Waals surface area contributed by atoms with Crippen LogP contribution < -0.4 is 5.73 Å². The summed E-state index contributed by atoms with van der Waals surface area (Å²) in [6.07, 6.45) is -5.67. The first kappa shape index (κ1) is 13.2. The largest absolute Gasteiger partial charge is 0.455 e. The molecule has 90 valence electrons. The number of halogens is 6. The summed E-state index contributed by atoms with van der Waals surface area (Å²) < 4.78 is 61.6. The number of benzene rings is 1. The zero-order valence-electron chi connectivity index (χ0n) is 7.73. The van der Waals surface area contributed by atoms with Crippen molar-refractivity contribution in [3.05, 3.63) is 34.9 Å². The number of hydrogen-bond acceptors (Lipinski definition) is 1. The average molecular weight is 260 g/mol. The maximum absolute atomic E-state index is 12.8. The summed E-state index contributed by atoms with van der Waals surface area (Å²) in [7, 11) is 0. The Kier molecular flexibility index (Phi) is 3.44. The minimum atomic E-state index is -5.67. The van der Waals surface area contributed by atoms with Gasteiger partial charge in [-0.3, -0.25) is 0 Å². The molecule has 1 aromatic carbocycles. The first-order valence-electron chi connectivity index (χ1n) is 4.12. The van der Waals surface area contributed by atoms with Gasteiger partial charge >= 0.3 is 12.1 Å². The molecule has 0 fully saturated rings. The lowest BCUT2D eigenvalue weighted by molar-refractivity contribution is -0.291. The van der Waals surface area contributed by atoms with Gasteiger partial charge in [-0.15, -0.1) is 0 Å². The molecule has 7 heteroatoms. The first-order chi connectivity index (χ1) is 7.16. The van der Waals surface area contributed by atoms with E-state index in [1.807, 2.05) is 0 Å². The normalized spacial score (nSPS) is 14.9. The van der Waals surface area contributed by atoms with E-state index >= 15 is 0 Å². The molecule has 0 bridgehead atoms. The van der Waals surface area contributed by atoms with Gasteiger partial charge in [0.1, 0.15) is 6.04 Å². The van der Waals surface area contributed by atoms with Crippen molar-refractivity contribution >= 4 is 11.6 Å². The summed E-state index contributed by atoms with van der Waals surface area (Å²) in [5, 5.41) is 0.228. The minimum absolute atomic E-state index is 0.228. The SMILES string of the molecule is NC(c1ccc(Cl)cc1)C(F)(F)C(F)(F)F. The Hall–Kier alpha value is -0.880. The standard InChI is InChI=1S/C9H7ClF5N/c10-6-3-1-5(2-4-6)7(16)8(11,12)9(13,14)15/h1-4,7H,16H2. The molecule has 0 aromatic heterocycles. The van der Waals surface area contributed by atoms with Gasteiger partial charge in [0.25, 0.3) is 0 Å². The van der Waals surface area contributed by atoms with Crippen LogP contribution in [0.4, 0.5) is 22.0 Å². The summed E-state index contributed by atoms with van der Waals surface area (Å²) in [5.74, 6) is -4.97. The van der Waals surface area contributed by atoms with Crippen molar-refractivity contribution in [2.45, 2.75) is 18.1 Å². The van der Waals surface area contributed by atoms with E-state index in [2.05, 4.69) is 0 Å². The van der Waals surface area contributed by atoms with Gasteiger partial charge in [-0.05, 0) is 17.7 Å². The van der Waals surface area contributed by atoms with Crippen LogP contribution in [0.25, 0.3) is 0 Å². The van der Waals surface area contributed by atoms with Crippen molar-refractivity contribution in [3.8, 4) is 0 Å². The minimum Gasteiger partial charge on any atom is -0.319 e. The quantitative estimate of drug-likeness (QED) is 0.808. The topological polar surface area (TPSA) is 26.0 Å². The van der Waals surface area contributed by atoms with Crippen molar-refractivity contribution in [1.82, 2.24) is 0 Å². The molecular formula is C9H7ClF5N. The lowest BCUT2D eigenvalue weighted by Crippen LogP contribution is -2.45. The fourth-order valence-corrected chi connectivity index (χ4v) is 1.18. The Morgan fingerprint density at radius 1 is 1.00 bits per heavy atom. The molecule has 0 aliphatic heterocycles. The van der Waals surface area contributed by atoms with E-state index in [4.69, 9.17) is 17.3 Å². The third-order valence-electron chi connectivity index (χ3n) is 2.00. The summed E-state index contributed by atoms with van der Waals surface area (Å²) in [5.41, 5.74) is 4.57. The van der Waals surface area contributed by atoms with E-state index in [9.17, 15) is 22.0 Å². The molecule has 1 nitrogen and oxygen atoms in total.